The normalized spacial score (nSPS) is 18.1. The van der Waals surface area contributed by atoms with E-state index in [1.54, 1.807) is 0 Å². The fourth-order valence-electron chi connectivity index (χ4n) is 1.96. The van der Waals surface area contributed by atoms with E-state index in [1.807, 2.05) is 0 Å². The summed E-state index contributed by atoms with van der Waals surface area (Å²) in [5, 5.41) is 164. The Kier molecular flexibility index (Phi) is 34.2. The van der Waals surface area contributed by atoms with Crippen molar-refractivity contribution >= 4 is 35.8 Å². The van der Waals surface area contributed by atoms with Gasteiger partial charge < -0.3 is 121 Å². The second-order valence-corrected chi connectivity index (χ2v) is 7.53. The maximum absolute atomic E-state index is 9.96. The van der Waals surface area contributed by atoms with Gasteiger partial charge in [0.15, 0.2) is 0 Å². The van der Waals surface area contributed by atoms with Crippen molar-refractivity contribution < 1.29 is 206 Å². The van der Waals surface area contributed by atoms with E-state index >= 15 is 0 Å². The Bertz CT molecular complexity index is 738. The van der Waals surface area contributed by atoms with Crippen LogP contribution in [0.4, 0.5) is 0 Å². The third-order valence-corrected chi connectivity index (χ3v) is 4.44. The van der Waals surface area contributed by atoms with Gasteiger partial charge in [-0.2, -0.15) is 0 Å². The number of carboxylic acid groups (broad SMARTS) is 6. The molecule has 0 aliphatic heterocycles. The predicted octanol–water partition coefficient (Wildman–Crippen LogP) is -24.2. The van der Waals surface area contributed by atoms with E-state index in [1.165, 1.54) is 0 Å². The van der Waals surface area contributed by atoms with Crippen LogP contribution in [0.15, 0.2) is 0 Å². The molecule has 0 spiro atoms. The molecule has 45 heavy (non-hydrogen) atoms. The second kappa shape index (κ2) is 27.2. The van der Waals surface area contributed by atoms with Gasteiger partial charge >= 0.3 is 85.3 Å². The van der Waals surface area contributed by atoms with Crippen molar-refractivity contribution in [3.05, 3.63) is 0 Å². The number of aliphatic carboxylic acids is 6. The first kappa shape index (κ1) is 56.5. The molecule has 246 valence electrons. The van der Waals surface area contributed by atoms with Crippen molar-refractivity contribution in [3.63, 3.8) is 0 Å². The largest absolute Gasteiger partial charge is 4.00 e. The topological polar surface area (TPSA) is 484 Å². The van der Waals surface area contributed by atoms with Crippen LogP contribution >= 0.6 is 0 Å². The molecule has 0 aliphatic carbocycles. The second-order valence-electron chi connectivity index (χ2n) is 7.53. The molecule has 24 nitrogen and oxygen atoms in total. The fourth-order valence-corrected chi connectivity index (χ4v) is 1.96. The third-order valence-electron chi connectivity index (χ3n) is 4.44. The monoisotopic (exact) mass is 760 g/mol. The van der Waals surface area contributed by atoms with Crippen molar-refractivity contribution in [3.8, 4) is 0 Å². The van der Waals surface area contributed by atoms with Gasteiger partial charge in [-0.3, -0.25) is 0 Å². The van der Waals surface area contributed by atoms with E-state index in [2.05, 4.69) is 0 Å². The van der Waals surface area contributed by atoms with Gasteiger partial charge in [0.1, 0.15) is 73.2 Å². The smallest absolute Gasteiger partial charge is 0.547 e. The number of aliphatic hydroxyl groups excluding tert-OH is 12. The minimum atomic E-state index is -2.50. The van der Waals surface area contributed by atoms with E-state index < -0.39 is 109 Å². The summed E-state index contributed by atoms with van der Waals surface area (Å²) in [4.78, 5) is 59.8. The molecule has 0 radical (unpaired) electrons. The Hall–Kier alpha value is -0.777. The van der Waals surface area contributed by atoms with Crippen molar-refractivity contribution in [1.82, 2.24) is 0 Å². The SMILES string of the molecule is O=C([O-])[C@@H](O)[C@@H](O)[C@H](O)[C@@H](O)C(=O)[O-].O=C([O-])[C@@H](O)[C@@H](O)[C@H](O)[C@@H](O)C(=O)[O-].O=C([O-])[C@@H](O)[C@@H](O)[C@H](O)[C@@H](O)C(=O)[O-].[Na+].[Na+].[Zr+4]. The van der Waals surface area contributed by atoms with Crippen LogP contribution < -0.4 is 89.8 Å². The molecule has 0 aromatic rings. The summed E-state index contributed by atoms with van der Waals surface area (Å²) in [5.74, 6) is -12.7. The van der Waals surface area contributed by atoms with Crippen LogP contribution in [0.3, 0.4) is 0 Å². The molecule has 0 aromatic heterocycles. The molecule has 0 saturated carbocycles. The Morgan fingerprint density at radius 1 is 0.289 bits per heavy atom. The molecule has 0 saturated heterocycles. The van der Waals surface area contributed by atoms with Crippen molar-refractivity contribution in [2.24, 2.45) is 0 Å². The standard InChI is InChI=1S/3C6H10O8.2Na.Zr/c3*7-1(3(9)5(11)12)2(8)4(10)6(13)14;;;/h3*1-4,7-10H,(H,11,12)(H,13,14);;;/q;;;2*+1;+4/p-6/t3*1-,2-,3-,4+;;;/m000.../s1. The molecule has 0 aliphatic rings. The Labute approximate surface area is 312 Å². The summed E-state index contributed by atoms with van der Waals surface area (Å²) in [5.41, 5.74) is 0. The van der Waals surface area contributed by atoms with Gasteiger partial charge in [0.05, 0.1) is 35.8 Å². The van der Waals surface area contributed by atoms with E-state index in [9.17, 15) is 59.4 Å². The molecule has 12 N–H and O–H groups in total. The van der Waals surface area contributed by atoms with Gasteiger partial charge in [0.25, 0.3) is 0 Å². The van der Waals surface area contributed by atoms with Crippen LogP contribution in [0.5, 0.6) is 0 Å². The number of carbonyl (C=O) groups excluding carboxylic acids is 6. The fraction of sp³-hybridized carbons (Fsp3) is 0.667. The zero-order valence-electron chi connectivity index (χ0n) is 22.7. The minimum absolute atomic E-state index is 0. The maximum atomic E-state index is 9.96. The molecule has 0 rings (SSSR count). The first-order valence-corrected chi connectivity index (χ1v) is 10.3. The van der Waals surface area contributed by atoms with E-state index in [0.717, 1.165) is 0 Å². The summed E-state index contributed by atoms with van der Waals surface area (Å²) < 4.78 is 0. The first-order chi connectivity index (χ1) is 18.9. The first-order valence-electron chi connectivity index (χ1n) is 10.3. The summed E-state index contributed by atoms with van der Waals surface area (Å²) in [6.45, 7) is 0. The van der Waals surface area contributed by atoms with E-state index in [4.69, 9.17) is 61.3 Å². The molecule has 12 atom stereocenters. The Morgan fingerprint density at radius 3 is 0.400 bits per heavy atom. The van der Waals surface area contributed by atoms with Gasteiger partial charge in [-0.1, -0.05) is 0 Å². The van der Waals surface area contributed by atoms with Gasteiger partial charge in [-0.25, -0.2) is 0 Å². The molecule has 0 fully saturated rings. The van der Waals surface area contributed by atoms with Crippen LogP contribution in [0.1, 0.15) is 0 Å². The zero-order chi connectivity index (χ0) is 34.4. The zero-order valence-corrected chi connectivity index (χ0v) is 29.2. The quantitative estimate of drug-likeness (QED) is 0.0689. The maximum Gasteiger partial charge on any atom is 4.00 e. The molecule has 0 bridgehead atoms. The number of carbonyl (C=O) groups is 6. The number of hydrogen-bond acceptors (Lipinski definition) is 24. The molecular formula is C18H24Na2O24Zr. The molecular weight excluding hydrogens is 737 g/mol. The minimum Gasteiger partial charge on any atom is -0.547 e. The number of rotatable bonds is 15. The van der Waals surface area contributed by atoms with Gasteiger partial charge in [-0.15, -0.1) is 0 Å². The Morgan fingerprint density at radius 2 is 0.356 bits per heavy atom. The number of hydrogen-bond donors (Lipinski definition) is 12. The van der Waals surface area contributed by atoms with Gasteiger partial charge in [-0.05, 0) is 0 Å². The Balaban J connectivity index is -0.000000123. The van der Waals surface area contributed by atoms with Gasteiger partial charge in [0, 0.05) is 0 Å². The average molecular weight is 762 g/mol. The van der Waals surface area contributed by atoms with Crippen LogP contribution in [0, 0.1) is 0 Å². The van der Waals surface area contributed by atoms with Crippen LogP contribution in [0.25, 0.3) is 0 Å². The summed E-state index contributed by atoms with van der Waals surface area (Å²) >= 11 is 0. The molecule has 0 heterocycles. The van der Waals surface area contributed by atoms with Crippen LogP contribution in [-0.2, 0) is 55.0 Å². The third kappa shape index (κ3) is 20.9. The summed E-state index contributed by atoms with van der Waals surface area (Å²) in [7, 11) is 0. The average Bonchev–Trinajstić information content (AvgIpc) is 2.92. The van der Waals surface area contributed by atoms with Crippen molar-refractivity contribution in [1.29, 1.82) is 0 Å². The van der Waals surface area contributed by atoms with Gasteiger partial charge in [0.2, 0.25) is 0 Å². The van der Waals surface area contributed by atoms with Crippen molar-refractivity contribution in [2.75, 3.05) is 0 Å². The number of carboxylic acids is 6. The van der Waals surface area contributed by atoms with Crippen molar-refractivity contribution in [2.45, 2.75) is 73.2 Å². The predicted molar refractivity (Wildman–Crippen MR) is 102 cm³/mol. The van der Waals surface area contributed by atoms with E-state index in [0.29, 0.717) is 0 Å². The number of aliphatic hydroxyl groups is 12. The molecule has 0 amide bonds. The summed E-state index contributed by atoms with van der Waals surface area (Å²) in [6, 6.07) is 0. The van der Waals surface area contributed by atoms with Crippen LogP contribution in [0.2, 0.25) is 0 Å². The van der Waals surface area contributed by atoms with E-state index in [-0.39, 0.29) is 85.3 Å². The molecule has 0 unspecified atom stereocenters. The molecule has 27 heteroatoms. The summed E-state index contributed by atoms with van der Waals surface area (Å²) in [6.07, 6.45) is -29.3. The molecule has 0 aromatic carbocycles. The van der Waals surface area contributed by atoms with Crippen LogP contribution in [-0.4, -0.2) is 170 Å².